The van der Waals surface area contributed by atoms with Crippen LogP contribution in [0.4, 0.5) is 5.69 Å². The van der Waals surface area contributed by atoms with Gasteiger partial charge in [0.05, 0.1) is 13.0 Å². The van der Waals surface area contributed by atoms with Gasteiger partial charge in [0.2, 0.25) is 5.91 Å². The number of amides is 1. The molecule has 1 aromatic rings. The first-order chi connectivity index (χ1) is 9.43. The van der Waals surface area contributed by atoms with Gasteiger partial charge >= 0.3 is 5.97 Å². The van der Waals surface area contributed by atoms with Crippen LogP contribution in [0.25, 0.3) is 0 Å². The Balaban J connectivity index is 2.60. The van der Waals surface area contributed by atoms with Gasteiger partial charge in [0.1, 0.15) is 0 Å². The molecule has 0 fully saturated rings. The summed E-state index contributed by atoms with van der Waals surface area (Å²) in [5, 5.41) is 11.6. The zero-order valence-corrected chi connectivity index (χ0v) is 12.3. The maximum atomic E-state index is 12.0. The average molecular weight is 278 g/mol. The lowest BCUT2D eigenvalue weighted by molar-refractivity contribution is -0.137. The molecule has 0 spiro atoms. The highest BCUT2D eigenvalue weighted by atomic mass is 16.4. The summed E-state index contributed by atoms with van der Waals surface area (Å²) < 4.78 is 0. The van der Waals surface area contributed by atoms with E-state index in [2.05, 4.69) is 5.32 Å². The summed E-state index contributed by atoms with van der Waals surface area (Å²) >= 11 is 0. The lowest BCUT2D eigenvalue weighted by atomic mass is 10.1. The zero-order valence-electron chi connectivity index (χ0n) is 12.3. The van der Waals surface area contributed by atoms with Crippen LogP contribution in [0.15, 0.2) is 18.2 Å². The molecule has 5 heteroatoms. The Labute approximate surface area is 119 Å². The lowest BCUT2D eigenvalue weighted by Gasteiger charge is -2.19. The van der Waals surface area contributed by atoms with Crippen molar-refractivity contribution in [1.29, 1.82) is 0 Å². The molecule has 110 valence electrons. The topological polar surface area (TPSA) is 69.6 Å². The van der Waals surface area contributed by atoms with Crippen molar-refractivity contribution in [3.05, 3.63) is 29.3 Å². The number of hydrogen-bond donors (Lipinski definition) is 2. The fraction of sp³-hybridized carbons (Fsp3) is 0.467. The fourth-order valence-electron chi connectivity index (χ4n) is 2.00. The van der Waals surface area contributed by atoms with E-state index in [9.17, 15) is 9.59 Å². The van der Waals surface area contributed by atoms with Gasteiger partial charge in [0, 0.05) is 12.2 Å². The molecule has 0 saturated carbocycles. The summed E-state index contributed by atoms with van der Waals surface area (Å²) in [5.74, 6) is -0.965. The fourth-order valence-corrected chi connectivity index (χ4v) is 2.00. The first kappa shape index (κ1) is 16.2. The van der Waals surface area contributed by atoms with Gasteiger partial charge in [-0.05, 0) is 31.5 Å². The third-order valence-electron chi connectivity index (χ3n) is 3.20. The van der Waals surface area contributed by atoms with E-state index in [1.165, 1.54) is 0 Å². The van der Waals surface area contributed by atoms with E-state index in [0.29, 0.717) is 13.1 Å². The standard InChI is InChI=1S/C15H22N2O3/c1-4-17(9-8-14(19)20)10-13(18)16-15-11(2)6-5-7-12(15)3/h5-7H,4,8-10H2,1-3H3,(H,16,18)(H,19,20). The molecule has 0 radical (unpaired) electrons. The molecule has 0 aliphatic carbocycles. The number of anilines is 1. The second kappa shape index (κ2) is 7.65. The average Bonchev–Trinajstić information content (AvgIpc) is 2.38. The third-order valence-corrected chi connectivity index (χ3v) is 3.20. The molecule has 20 heavy (non-hydrogen) atoms. The number of aryl methyl sites for hydroxylation is 2. The van der Waals surface area contributed by atoms with Gasteiger partial charge in [-0.3, -0.25) is 14.5 Å². The van der Waals surface area contributed by atoms with Crippen molar-refractivity contribution < 1.29 is 14.7 Å². The summed E-state index contributed by atoms with van der Waals surface area (Å²) in [5.41, 5.74) is 2.88. The van der Waals surface area contributed by atoms with Crippen LogP contribution in [0.2, 0.25) is 0 Å². The minimum atomic E-state index is -0.849. The molecule has 5 nitrogen and oxygen atoms in total. The van der Waals surface area contributed by atoms with Crippen LogP contribution >= 0.6 is 0 Å². The number of hydrogen-bond acceptors (Lipinski definition) is 3. The lowest BCUT2D eigenvalue weighted by Crippen LogP contribution is -2.34. The molecule has 0 unspecified atom stereocenters. The number of likely N-dealkylation sites (N-methyl/N-ethyl adjacent to an activating group) is 1. The number of carbonyl (C=O) groups excluding carboxylic acids is 1. The van der Waals surface area contributed by atoms with E-state index in [4.69, 9.17) is 5.11 Å². The number of carbonyl (C=O) groups is 2. The van der Waals surface area contributed by atoms with Crippen molar-refractivity contribution in [2.75, 3.05) is 25.0 Å². The van der Waals surface area contributed by atoms with Crippen molar-refractivity contribution >= 4 is 17.6 Å². The molecule has 1 aromatic carbocycles. The van der Waals surface area contributed by atoms with Crippen LogP contribution < -0.4 is 5.32 Å². The van der Waals surface area contributed by atoms with E-state index in [-0.39, 0.29) is 18.9 Å². The van der Waals surface area contributed by atoms with Crippen molar-refractivity contribution in [3.8, 4) is 0 Å². The van der Waals surface area contributed by atoms with Crippen LogP contribution in [0, 0.1) is 13.8 Å². The molecular weight excluding hydrogens is 256 g/mol. The number of para-hydroxylation sites is 1. The number of nitrogens with one attached hydrogen (secondary N) is 1. The number of aliphatic carboxylic acids is 1. The van der Waals surface area contributed by atoms with E-state index < -0.39 is 5.97 Å². The zero-order chi connectivity index (χ0) is 15.1. The Hall–Kier alpha value is -1.88. The number of nitrogens with zero attached hydrogens (tertiary/aromatic N) is 1. The Kier molecular flexibility index (Phi) is 6.18. The smallest absolute Gasteiger partial charge is 0.304 e. The second-order valence-corrected chi connectivity index (χ2v) is 4.83. The van der Waals surface area contributed by atoms with E-state index in [1.54, 1.807) is 0 Å². The molecule has 1 amide bonds. The van der Waals surface area contributed by atoms with Gasteiger partial charge < -0.3 is 10.4 Å². The predicted octanol–water partition coefficient (Wildman–Crippen LogP) is 2.04. The highest BCUT2D eigenvalue weighted by Gasteiger charge is 2.12. The molecule has 0 aromatic heterocycles. The summed E-state index contributed by atoms with van der Waals surface area (Å²) in [6.07, 6.45) is 0.0461. The largest absolute Gasteiger partial charge is 0.481 e. The van der Waals surface area contributed by atoms with E-state index >= 15 is 0 Å². The monoisotopic (exact) mass is 278 g/mol. The van der Waals surface area contributed by atoms with Gasteiger partial charge in [-0.25, -0.2) is 0 Å². The predicted molar refractivity (Wildman–Crippen MR) is 78.9 cm³/mol. The summed E-state index contributed by atoms with van der Waals surface area (Å²) in [4.78, 5) is 24.4. The SMILES string of the molecule is CCN(CCC(=O)O)CC(=O)Nc1c(C)cccc1C. The minimum absolute atomic E-state index is 0.0461. The Morgan fingerprint density at radius 1 is 1.25 bits per heavy atom. The first-order valence-electron chi connectivity index (χ1n) is 6.74. The van der Waals surface area contributed by atoms with E-state index in [1.807, 2.05) is 43.9 Å². The van der Waals surface area contributed by atoms with Gasteiger partial charge in [0.25, 0.3) is 0 Å². The maximum Gasteiger partial charge on any atom is 0.304 e. The minimum Gasteiger partial charge on any atom is -0.481 e. The molecule has 0 aliphatic rings. The van der Waals surface area contributed by atoms with Crippen molar-refractivity contribution in [2.45, 2.75) is 27.2 Å². The molecule has 0 atom stereocenters. The number of benzene rings is 1. The highest BCUT2D eigenvalue weighted by molar-refractivity contribution is 5.93. The van der Waals surface area contributed by atoms with Crippen LogP contribution in [0.5, 0.6) is 0 Å². The summed E-state index contributed by atoms with van der Waals surface area (Å²) in [6.45, 7) is 7.04. The molecule has 0 bridgehead atoms. The van der Waals surface area contributed by atoms with Gasteiger partial charge in [0.15, 0.2) is 0 Å². The Morgan fingerprint density at radius 2 is 1.85 bits per heavy atom. The van der Waals surface area contributed by atoms with Gasteiger partial charge in [-0.15, -0.1) is 0 Å². The van der Waals surface area contributed by atoms with Crippen LogP contribution in [0.3, 0.4) is 0 Å². The maximum absolute atomic E-state index is 12.0. The number of rotatable bonds is 7. The molecule has 0 heterocycles. The molecular formula is C15H22N2O3. The van der Waals surface area contributed by atoms with Crippen molar-refractivity contribution in [2.24, 2.45) is 0 Å². The number of carboxylic acids is 1. The van der Waals surface area contributed by atoms with Crippen LogP contribution in [0.1, 0.15) is 24.5 Å². The second-order valence-electron chi connectivity index (χ2n) is 4.83. The first-order valence-corrected chi connectivity index (χ1v) is 6.74. The van der Waals surface area contributed by atoms with Crippen LogP contribution in [-0.2, 0) is 9.59 Å². The molecule has 0 saturated heterocycles. The third kappa shape index (κ3) is 5.01. The van der Waals surface area contributed by atoms with Crippen molar-refractivity contribution in [1.82, 2.24) is 4.90 Å². The van der Waals surface area contributed by atoms with Gasteiger partial charge in [-0.2, -0.15) is 0 Å². The molecule has 2 N–H and O–H groups in total. The summed E-state index contributed by atoms with van der Waals surface area (Å²) in [7, 11) is 0. The Bertz CT molecular complexity index is 466. The van der Waals surface area contributed by atoms with Crippen molar-refractivity contribution in [3.63, 3.8) is 0 Å². The van der Waals surface area contributed by atoms with E-state index in [0.717, 1.165) is 16.8 Å². The highest BCUT2D eigenvalue weighted by Crippen LogP contribution is 2.19. The van der Waals surface area contributed by atoms with Gasteiger partial charge in [-0.1, -0.05) is 25.1 Å². The summed E-state index contributed by atoms with van der Waals surface area (Å²) in [6, 6.07) is 5.85. The van der Waals surface area contributed by atoms with Crippen LogP contribution in [-0.4, -0.2) is 41.5 Å². The quantitative estimate of drug-likeness (QED) is 0.800. The Morgan fingerprint density at radius 3 is 2.35 bits per heavy atom. The molecule has 1 rings (SSSR count). The molecule has 0 aliphatic heterocycles. The number of carboxylic acid groups (broad SMARTS) is 1. The normalized spacial score (nSPS) is 10.6.